The van der Waals surface area contributed by atoms with Crippen LogP contribution in [0.4, 0.5) is 5.69 Å². The maximum atomic E-state index is 13.9. The minimum absolute atomic E-state index is 0.0239. The molecule has 1 aromatic heterocycles. The first-order valence-electron chi connectivity index (χ1n) is 11.4. The third-order valence-corrected chi connectivity index (χ3v) is 9.26. The van der Waals surface area contributed by atoms with Crippen LogP contribution in [0.2, 0.25) is 0 Å². The van der Waals surface area contributed by atoms with Crippen molar-refractivity contribution in [2.24, 2.45) is 11.8 Å². The number of esters is 1. The number of ether oxygens (including phenoxy) is 1. The number of amides is 1. The second-order valence-electron chi connectivity index (χ2n) is 8.93. The Balaban J connectivity index is 1.75. The van der Waals surface area contributed by atoms with Gasteiger partial charge in [-0.05, 0) is 56.1 Å². The molecular weight excluding hydrogens is 442 g/mol. The molecule has 1 saturated carbocycles. The minimum atomic E-state index is -0.824. The van der Waals surface area contributed by atoms with E-state index >= 15 is 0 Å². The molecule has 2 fully saturated rings. The first-order chi connectivity index (χ1) is 15.5. The molecule has 5 nitrogen and oxygen atoms in total. The van der Waals surface area contributed by atoms with Gasteiger partial charge in [-0.15, -0.1) is 11.3 Å². The molecule has 0 unspecified atom stereocenters. The lowest BCUT2D eigenvalue weighted by Gasteiger charge is -2.37. The number of hydrogen-bond donors (Lipinski definition) is 0. The van der Waals surface area contributed by atoms with Crippen LogP contribution in [-0.2, 0) is 20.3 Å². The quantitative estimate of drug-likeness (QED) is 0.555. The zero-order chi connectivity index (χ0) is 22.7. The number of benzene rings is 1. The Morgan fingerprint density at radius 3 is 2.31 bits per heavy atom. The molecule has 0 N–H and O–H groups in total. The Labute approximate surface area is 196 Å². The SMILES string of the molecule is COC(=O)c1sc(-c2ccccc2)cc1N(C(=O)C1CCC(C)CC1)C1CCS(=O)CC1. The van der Waals surface area contributed by atoms with Crippen LogP contribution in [0.1, 0.15) is 55.1 Å². The molecular formula is C25H31NO4S2. The van der Waals surface area contributed by atoms with Gasteiger partial charge in [-0.2, -0.15) is 0 Å². The van der Waals surface area contributed by atoms with Crippen molar-refractivity contribution in [2.75, 3.05) is 23.5 Å². The van der Waals surface area contributed by atoms with E-state index in [1.807, 2.05) is 41.3 Å². The molecule has 1 aromatic carbocycles. The lowest BCUT2D eigenvalue weighted by molar-refractivity contribution is -0.124. The molecule has 172 valence electrons. The van der Waals surface area contributed by atoms with E-state index in [9.17, 15) is 13.8 Å². The van der Waals surface area contributed by atoms with Crippen LogP contribution in [0.25, 0.3) is 10.4 Å². The molecule has 1 aliphatic carbocycles. The van der Waals surface area contributed by atoms with Gasteiger partial charge in [0, 0.05) is 39.1 Å². The molecule has 1 saturated heterocycles. The van der Waals surface area contributed by atoms with Crippen molar-refractivity contribution in [1.29, 1.82) is 0 Å². The fourth-order valence-corrected chi connectivity index (χ4v) is 7.13. The number of rotatable bonds is 5. The number of hydrogen-bond acceptors (Lipinski definition) is 5. The van der Waals surface area contributed by atoms with Gasteiger partial charge < -0.3 is 9.64 Å². The predicted molar refractivity (Wildman–Crippen MR) is 131 cm³/mol. The van der Waals surface area contributed by atoms with Gasteiger partial charge in [0.25, 0.3) is 0 Å². The van der Waals surface area contributed by atoms with Crippen LogP contribution in [-0.4, -0.2) is 40.7 Å². The maximum Gasteiger partial charge on any atom is 0.350 e. The van der Waals surface area contributed by atoms with Gasteiger partial charge in [-0.3, -0.25) is 9.00 Å². The molecule has 2 aromatic rings. The Morgan fingerprint density at radius 1 is 1.03 bits per heavy atom. The monoisotopic (exact) mass is 473 g/mol. The van der Waals surface area contributed by atoms with E-state index in [2.05, 4.69) is 6.92 Å². The number of anilines is 1. The van der Waals surface area contributed by atoms with Crippen molar-refractivity contribution in [2.45, 2.75) is 51.5 Å². The molecule has 1 amide bonds. The molecule has 0 bridgehead atoms. The average molecular weight is 474 g/mol. The molecule has 0 radical (unpaired) electrons. The fraction of sp³-hybridized carbons (Fsp3) is 0.520. The summed E-state index contributed by atoms with van der Waals surface area (Å²) in [6, 6.07) is 11.8. The summed E-state index contributed by atoms with van der Waals surface area (Å²) >= 11 is 1.37. The molecule has 4 rings (SSSR count). The topological polar surface area (TPSA) is 63.7 Å². The highest BCUT2D eigenvalue weighted by molar-refractivity contribution is 7.85. The van der Waals surface area contributed by atoms with Gasteiger partial charge >= 0.3 is 5.97 Å². The molecule has 2 aliphatic rings. The standard InChI is InChI=1S/C25H31NO4S2/c1-17-8-10-19(11-9-17)24(27)26(20-12-14-32(29)15-13-20)21-16-22(18-6-4-3-5-7-18)31-23(21)25(28)30-2/h3-7,16-17,19-20H,8-15H2,1-2H3. The number of carbonyl (C=O) groups excluding carboxylic acids is 2. The summed E-state index contributed by atoms with van der Waals surface area (Å²) in [4.78, 5) is 29.9. The van der Waals surface area contributed by atoms with Crippen molar-refractivity contribution in [3.8, 4) is 10.4 Å². The van der Waals surface area contributed by atoms with Gasteiger partial charge in [-0.25, -0.2) is 4.79 Å². The molecule has 0 spiro atoms. The second kappa shape index (κ2) is 10.3. The zero-order valence-electron chi connectivity index (χ0n) is 18.7. The van der Waals surface area contributed by atoms with Crippen molar-refractivity contribution in [3.63, 3.8) is 0 Å². The highest BCUT2D eigenvalue weighted by atomic mass is 32.2. The van der Waals surface area contributed by atoms with E-state index < -0.39 is 16.8 Å². The number of thiophene rings is 1. The molecule has 7 heteroatoms. The van der Waals surface area contributed by atoms with E-state index in [-0.39, 0.29) is 17.9 Å². The Hall–Kier alpha value is -1.99. The van der Waals surface area contributed by atoms with Gasteiger partial charge in [0.05, 0.1) is 12.8 Å². The van der Waals surface area contributed by atoms with Gasteiger partial charge in [0.15, 0.2) is 0 Å². The highest BCUT2D eigenvalue weighted by Crippen LogP contribution is 2.41. The lowest BCUT2D eigenvalue weighted by Crippen LogP contribution is -2.47. The number of nitrogens with zero attached hydrogens (tertiary/aromatic N) is 1. The van der Waals surface area contributed by atoms with E-state index in [4.69, 9.17) is 4.74 Å². The molecule has 32 heavy (non-hydrogen) atoms. The Kier molecular flexibility index (Phi) is 7.46. The first kappa shape index (κ1) is 23.2. The van der Waals surface area contributed by atoms with Crippen LogP contribution in [0.3, 0.4) is 0 Å². The largest absolute Gasteiger partial charge is 0.465 e. The summed E-state index contributed by atoms with van der Waals surface area (Å²) in [7, 11) is 0.558. The maximum absolute atomic E-state index is 13.9. The minimum Gasteiger partial charge on any atom is -0.465 e. The van der Waals surface area contributed by atoms with Crippen LogP contribution in [0, 0.1) is 11.8 Å². The third kappa shape index (κ3) is 4.99. The van der Waals surface area contributed by atoms with Crippen LogP contribution >= 0.6 is 11.3 Å². The summed E-state index contributed by atoms with van der Waals surface area (Å²) in [5.74, 6) is 1.52. The summed E-state index contributed by atoms with van der Waals surface area (Å²) in [5.41, 5.74) is 1.67. The third-order valence-electron chi connectivity index (χ3n) is 6.73. The molecule has 2 heterocycles. The highest BCUT2D eigenvalue weighted by Gasteiger charge is 2.37. The van der Waals surface area contributed by atoms with E-state index in [1.54, 1.807) is 0 Å². The molecule has 0 atom stereocenters. The predicted octanol–water partition coefficient (Wildman–Crippen LogP) is 5.27. The van der Waals surface area contributed by atoms with Gasteiger partial charge in [-0.1, -0.05) is 37.3 Å². The Bertz CT molecular complexity index is 969. The summed E-state index contributed by atoms with van der Waals surface area (Å²) in [6.45, 7) is 2.25. The van der Waals surface area contributed by atoms with Crippen molar-refractivity contribution < 1.29 is 18.5 Å². The van der Waals surface area contributed by atoms with E-state index in [1.165, 1.54) is 18.4 Å². The summed E-state index contributed by atoms with van der Waals surface area (Å²) in [5, 5.41) is 0. The van der Waals surface area contributed by atoms with Crippen LogP contribution in [0.5, 0.6) is 0 Å². The zero-order valence-corrected chi connectivity index (χ0v) is 20.4. The second-order valence-corrected chi connectivity index (χ2v) is 11.7. The smallest absolute Gasteiger partial charge is 0.350 e. The number of methoxy groups -OCH3 is 1. The summed E-state index contributed by atoms with van der Waals surface area (Å²) in [6.07, 6.45) is 5.28. The number of carbonyl (C=O) groups is 2. The van der Waals surface area contributed by atoms with Crippen molar-refractivity contribution in [3.05, 3.63) is 41.3 Å². The first-order valence-corrected chi connectivity index (χ1v) is 13.7. The molecule has 1 aliphatic heterocycles. The lowest BCUT2D eigenvalue weighted by atomic mass is 9.82. The van der Waals surface area contributed by atoms with Crippen LogP contribution < -0.4 is 4.90 Å². The van der Waals surface area contributed by atoms with E-state index in [0.717, 1.165) is 36.1 Å². The van der Waals surface area contributed by atoms with Gasteiger partial charge in [0.1, 0.15) is 4.88 Å². The van der Waals surface area contributed by atoms with Crippen molar-refractivity contribution in [1.82, 2.24) is 0 Å². The van der Waals surface area contributed by atoms with Crippen LogP contribution in [0.15, 0.2) is 36.4 Å². The summed E-state index contributed by atoms with van der Waals surface area (Å²) < 4.78 is 17.1. The Morgan fingerprint density at radius 2 is 1.69 bits per heavy atom. The van der Waals surface area contributed by atoms with Crippen molar-refractivity contribution >= 4 is 39.7 Å². The fourth-order valence-electron chi connectivity index (χ4n) is 4.78. The van der Waals surface area contributed by atoms with Gasteiger partial charge in [0.2, 0.25) is 5.91 Å². The normalized spacial score (nSPS) is 25.8. The average Bonchev–Trinajstić information content (AvgIpc) is 3.26. The van der Waals surface area contributed by atoms with E-state index in [0.29, 0.717) is 40.8 Å².